The van der Waals surface area contributed by atoms with E-state index in [2.05, 4.69) is 13.0 Å². The number of thioether (sulfide) groups is 1. The van der Waals surface area contributed by atoms with Gasteiger partial charge in [-0.05, 0) is 37.8 Å². The molecule has 0 fully saturated rings. The molecular formula is C21H23NO2S. The predicted molar refractivity (Wildman–Crippen MR) is 106 cm³/mol. The molecule has 0 aliphatic carbocycles. The average Bonchev–Trinajstić information content (AvgIpc) is 2.63. The lowest BCUT2D eigenvalue weighted by atomic mass is 10.1. The average molecular weight is 353 g/mol. The summed E-state index contributed by atoms with van der Waals surface area (Å²) in [6, 6.07) is 17.9. The maximum Gasteiger partial charge on any atom is 0.262 e. The fraction of sp³-hybridized carbons (Fsp3) is 0.286. The van der Waals surface area contributed by atoms with Crippen LogP contribution in [-0.2, 0) is 4.74 Å². The number of benzene rings is 2. The number of rotatable bonds is 6. The highest BCUT2D eigenvalue weighted by atomic mass is 32.2. The van der Waals surface area contributed by atoms with Gasteiger partial charge in [-0.25, -0.2) is 0 Å². The van der Waals surface area contributed by atoms with Crippen molar-refractivity contribution in [2.75, 3.05) is 12.4 Å². The van der Waals surface area contributed by atoms with Gasteiger partial charge in [0.1, 0.15) is 0 Å². The third-order valence-corrected chi connectivity index (χ3v) is 5.21. The van der Waals surface area contributed by atoms with E-state index in [0.29, 0.717) is 6.61 Å². The highest BCUT2D eigenvalue weighted by molar-refractivity contribution is 7.99. The molecule has 2 aromatic carbocycles. The number of pyridine rings is 1. The van der Waals surface area contributed by atoms with Gasteiger partial charge in [0, 0.05) is 22.6 Å². The van der Waals surface area contributed by atoms with Crippen LogP contribution in [0.3, 0.4) is 0 Å². The van der Waals surface area contributed by atoms with E-state index in [1.54, 1.807) is 16.3 Å². The van der Waals surface area contributed by atoms with Crippen molar-refractivity contribution in [3.63, 3.8) is 0 Å². The number of aromatic nitrogens is 1. The van der Waals surface area contributed by atoms with E-state index >= 15 is 0 Å². The summed E-state index contributed by atoms with van der Waals surface area (Å²) >= 11 is 1.71. The number of fused-ring (bicyclic) bond motifs is 1. The van der Waals surface area contributed by atoms with E-state index in [9.17, 15) is 4.79 Å². The molecule has 1 heterocycles. The normalized spacial score (nSPS) is 12.4. The van der Waals surface area contributed by atoms with Crippen LogP contribution in [0, 0.1) is 0 Å². The van der Waals surface area contributed by atoms with Crippen molar-refractivity contribution in [2.45, 2.75) is 31.8 Å². The minimum atomic E-state index is -0.244. The molecule has 3 aromatic rings. The molecule has 4 heteroatoms. The van der Waals surface area contributed by atoms with E-state index in [-0.39, 0.29) is 11.7 Å². The summed E-state index contributed by atoms with van der Waals surface area (Å²) in [5.41, 5.74) is 2.56. The third-order valence-electron chi connectivity index (χ3n) is 4.19. The van der Waals surface area contributed by atoms with Crippen molar-refractivity contribution in [1.82, 2.24) is 4.57 Å². The van der Waals surface area contributed by atoms with Gasteiger partial charge in [-0.15, -0.1) is 11.8 Å². The summed E-state index contributed by atoms with van der Waals surface area (Å²) in [5, 5.41) is 1.10. The second kappa shape index (κ2) is 7.89. The molecule has 0 aliphatic rings. The molecular weight excluding hydrogens is 330 g/mol. The van der Waals surface area contributed by atoms with E-state index < -0.39 is 0 Å². The first-order chi connectivity index (χ1) is 12.2. The standard InChI is InChI=1S/C21H23NO2S/c1-4-24-15(3)19-20(25-5-2)17-13-9-10-14-18(17)22(21(19)23)16-11-7-6-8-12-16/h6-15H,4-5H2,1-3H3. The number of ether oxygens (including phenoxy) is 1. The maximum atomic E-state index is 13.5. The number of hydrogen-bond acceptors (Lipinski definition) is 3. The lowest BCUT2D eigenvalue weighted by molar-refractivity contribution is 0.0736. The van der Waals surface area contributed by atoms with Crippen molar-refractivity contribution >= 4 is 22.7 Å². The van der Waals surface area contributed by atoms with Gasteiger partial charge in [0.15, 0.2) is 0 Å². The van der Waals surface area contributed by atoms with Crippen molar-refractivity contribution in [3.8, 4) is 5.69 Å². The Labute approximate surface area is 152 Å². The van der Waals surface area contributed by atoms with E-state index in [1.165, 1.54) is 0 Å². The van der Waals surface area contributed by atoms with Crippen molar-refractivity contribution < 1.29 is 4.74 Å². The van der Waals surface area contributed by atoms with Crippen LogP contribution in [-0.4, -0.2) is 16.9 Å². The smallest absolute Gasteiger partial charge is 0.262 e. The Hall–Kier alpha value is -2.04. The van der Waals surface area contributed by atoms with Gasteiger partial charge in [0.25, 0.3) is 5.56 Å². The Kier molecular flexibility index (Phi) is 5.61. The fourth-order valence-electron chi connectivity index (χ4n) is 3.16. The van der Waals surface area contributed by atoms with E-state index in [0.717, 1.165) is 32.8 Å². The van der Waals surface area contributed by atoms with Gasteiger partial charge in [0.05, 0.1) is 17.2 Å². The molecule has 0 saturated heterocycles. The lowest BCUT2D eigenvalue weighted by Gasteiger charge is -2.21. The molecule has 130 valence electrons. The van der Waals surface area contributed by atoms with Crippen LogP contribution in [0.15, 0.2) is 64.3 Å². The summed E-state index contributed by atoms with van der Waals surface area (Å²) in [5.74, 6) is 0.907. The van der Waals surface area contributed by atoms with Crippen LogP contribution in [0.5, 0.6) is 0 Å². The molecule has 25 heavy (non-hydrogen) atoms. The van der Waals surface area contributed by atoms with Gasteiger partial charge in [0.2, 0.25) is 0 Å². The minimum Gasteiger partial charge on any atom is -0.374 e. The second-order valence-corrected chi connectivity index (χ2v) is 7.04. The summed E-state index contributed by atoms with van der Waals surface area (Å²) in [7, 11) is 0. The molecule has 1 atom stereocenters. The predicted octanol–water partition coefficient (Wildman–Crippen LogP) is 5.20. The molecule has 0 saturated carbocycles. The first-order valence-corrected chi connectivity index (χ1v) is 9.65. The molecule has 3 nitrogen and oxygen atoms in total. The monoisotopic (exact) mass is 353 g/mol. The molecule has 0 radical (unpaired) electrons. The first-order valence-electron chi connectivity index (χ1n) is 8.66. The summed E-state index contributed by atoms with van der Waals surface area (Å²) in [6.07, 6.45) is -0.244. The number of para-hydroxylation sites is 2. The topological polar surface area (TPSA) is 31.2 Å². The summed E-state index contributed by atoms with van der Waals surface area (Å²) in [6.45, 7) is 6.61. The molecule has 3 rings (SSSR count). The second-order valence-electron chi connectivity index (χ2n) is 5.77. The zero-order chi connectivity index (χ0) is 17.8. The van der Waals surface area contributed by atoms with Gasteiger partial charge in [-0.2, -0.15) is 0 Å². The lowest BCUT2D eigenvalue weighted by Crippen LogP contribution is -2.26. The zero-order valence-corrected chi connectivity index (χ0v) is 15.7. The van der Waals surface area contributed by atoms with Crippen LogP contribution in [0.1, 0.15) is 32.4 Å². The van der Waals surface area contributed by atoms with Crippen molar-refractivity contribution in [1.29, 1.82) is 0 Å². The van der Waals surface area contributed by atoms with Crippen LogP contribution >= 0.6 is 11.8 Å². The Morgan fingerprint density at radius 2 is 1.72 bits per heavy atom. The first kappa shape index (κ1) is 17.8. The zero-order valence-electron chi connectivity index (χ0n) is 14.9. The number of hydrogen-bond donors (Lipinski definition) is 0. The summed E-state index contributed by atoms with van der Waals surface area (Å²) < 4.78 is 7.61. The van der Waals surface area contributed by atoms with Gasteiger partial charge in [-0.3, -0.25) is 9.36 Å². The molecule has 1 unspecified atom stereocenters. The highest BCUT2D eigenvalue weighted by Gasteiger charge is 2.22. The molecule has 0 spiro atoms. The van der Waals surface area contributed by atoms with E-state index in [1.807, 2.05) is 62.4 Å². The van der Waals surface area contributed by atoms with Crippen molar-refractivity contribution in [2.24, 2.45) is 0 Å². The molecule has 1 aromatic heterocycles. The van der Waals surface area contributed by atoms with Crippen LogP contribution < -0.4 is 5.56 Å². The van der Waals surface area contributed by atoms with Crippen molar-refractivity contribution in [3.05, 3.63) is 70.5 Å². The molecule has 0 bridgehead atoms. The van der Waals surface area contributed by atoms with Gasteiger partial charge < -0.3 is 4.74 Å². The largest absolute Gasteiger partial charge is 0.374 e. The maximum absolute atomic E-state index is 13.5. The Bertz CT molecular complexity index is 918. The SMILES string of the molecule is CCOC(C)c1c(SCC)c2ccccc2n(-c2ccccc2)c1=O. The van der Waals surface area contributed by atoms with Crippen LogP contribution in [0.2, 0.25) is 0 Å². The Morgan fingerprint density at radius 1 is 1.04 bits per heavy atom. The van der Waals surface area contributed by atoms with Gasteiger partial charge in [-0.1, -0.05) is 43.3 Å². The molecule has 0 N–H and O–H groups in total. The highest BCUT2D eigenvalue weighted by Crippen LogP contribution is 2.34. The quantitative estimate of drug-likeness (QED) is 0.571. The minimum absolute atomic E-state index is 0.00167. The van der Waals surface area contributed by atoms with E-state index in [4.69, 9.17) is 4.74 Å². The van der Waals surface area contributed by atoms with Gasteiger partial charge >= 0.3 is 0 Å². The summed E-state index contributed by atoms with van der Waals surface area (Å²) in [4.78, 5) is 14.5. The molecule has 0 amide bonds. The molecule has 0 aliphatic heterocycles. The Balaban J connectivity index is 2.42. The van der Waals surface area contributed by atoms with Crippen LogP contribution in [0.25, 0.3) is 16.6 Å². The Morgan fingerprint density at radius 3 is 2.40 bits per heavy atom. The third kappa shape index (κ3) is 3.37. The fourth-order valence-corrected chi connectivity index (χ4v) is 4.18. The number of nitrogens with zero attached hydrogens (tertiary/aromatic N) is 1. The van der Waals surface area contributed by atoms with Crippen LogP contribution in [0.4, 0.5) is 0 Å².